The van der Waals surface area contributed by atoms with Crippen LogP contribution in [0.25, 0.3) is 0 Å². The highest BCUT2D eigenvalue weighted by Gasteiger charge is 2.22. The molecule has 0 N–H and O–H groups in total. The second-order valence-corrected chi connectivity index (χ2v) is 5.42. The van der Waals surface area contributed by atoms with Crippen molar-refractivity contribution >= 4 is 46.4 Å². The van der Waals surface area contributed by atoms with Gasteiger partial charge in [-0.2, -0.15) is 0 Å². The van der Waals surface area contributed by atoms with E-state index >= 15 is 0 Å². The molecule has 0 amide bonds. The number of hydrogen-bond donors (Lipinski definition) is 0. The summed E-state index contributed by atoms with van der Waals surface area (Å²) in [6.45, 7) is 5.83. The van der Waals surface area contributed by atoms with Crippen LogP contribution in [0.1, 0.15) is 32.3 Å². The molecule has 0 aliphatic heterocycles. The van der Waals surface area contributed by atoms with Gasteiger partial charge >= 0.3 is 0 Å². The van der Waals surface area contributed by atoms with Crippen LogP contribution in [0.5, 0.6) is 0 Å². The van der Waals surface area contributed by atoms with Crippen LogP contribution in [-0.2, 0) is 0 Å². The van der Waals surface area contributed by atoms with Crippen LogP contribution >= 0.6 is 46.4 Å². The minimum absolute atomic E-state index is 0.0682. The van der Waals surface area contributed by atoms with Crippen LogP contribution in [0.3, 0.4) is 0 Å². The van der Waals surface area contributed by atoms with Crippen molar-refractivity contribution in [3.8, 4) is 11.8 Å². The zero-order valence-electron chi connectivity index (χ0n) is 9.74. The molecule has 1 rings (SSSR count). The summed E-state index contributed by atoms with van der Waals surface area (Å²) < 4.78 is 0. The van der Waals surface area contributed by atoms with Crippen LogP contribution in [-0.4, -0.2) is 0 Å². The van der Waals surface area contributed by atoms with Crippen LogP contribution in [0.2, 0.25) is 20.1 Å². The summed E-state index contributed by atoms with van der Waals surface area (Å²) in [5, 5.41) is 1.75. The molecule has 17 heavy (non-hydrogen) atoms. The lowest BCUT2D eigenvalue weighted by atomic mass is 9.89. The Morgan fingerprint density at radius 3 is 1.88 bits per heavy atom. The molecule has 0 radical (unpaired) electrons. The number of rotatable bonds is 2. The Labute approximate surface area is 122 Å². The largest absolute Gasteiger partial charge is 0.106 e. The topological polar surface area (TPSA) is 0 Å². The summed E-state index contributed by atoms with van der Waals surface area (Å²) in [6.07, 6.45) is 0. The Balaban J connectivity index is 3.33. The van der Waals surface area contributed by atoms with Gasteiger partial charge in [-0.05, 0) is 24.5 Å². The van der Waals surface area contributed by atoms with Crippen LogP contribution in [0.15, 0.2) is 6.07 Å². The third kappa shape index (κ3) is 3.24. The molecule has 92 valence electrons. The van der Waals surface area contributed by atoms with Gasteiger partial charge < -0.3 is 0 Å². The van der Waals surface area contributed by atoms with Gasteiger partial charge in [-0.25, -0.2) is 0 Å². The summed E-state index contributed by atoms with van der Waals surface area (Å²) in [7, 11) is 0. The van der Waals surface area contributed by atoms with Gasteiger partial charge in [-0.1, -0.05) is 66.2 Å². The Bertz CT molecular complexity index is 456. The molecule has 2 unspecified atom stereocenters. The van der Waals surface area contributed by atoms with Gasteiger partial charge in [0, 0.05) is 5.92 Å². The molecular formula is C13H12Cl4. The molecule has 0 bridgehead atoms. The maximum Gasteiger partial charge on any atom is 0.0643 e. The lowest BCUT2D eigenvalue weighted by Gasteiger charge is -2.19. The van der Waals surface area contributed by atoms with Gasteiger partial charge in [0.05, 0.1) is 20.1 Å². The Hall–Kier alpha value is -0.0600. The highest BCUT2D eigenvalue weighted by atomic mass is 35.5. The first-order valence-corrected chi connectivity index (χ1v) is 6.66. The first kappa shape index (κ1) is 15.0. The molecule has 4 heteroatoms. The molecule has 0 saturated heterocycles. The van der Waals surface area contributed by atoms with E-state index in [9.17, 15) is 0 Å². The van der Waals surface area contributed by atoms with Crippen molar-refractivity contribution in [2.75, 3.05) is 0 Å². The second kappa shape index (κ2) is 6.21. The quantitative estimate of drug-likeness (QED) is 0.460. The van der Waals surface area contributed by atoms with Crippen molar-refractivity contribution in [1.82, 2.24) is 0 Å². The van der Waals surface area contributed by atoms with E-state index in [0.29, 0.717) is 20.1 Å². The van der Waals surface area contributed by atoms with E-state index in [1.807, 2.05) is 13.8 Å². The minimum Gasteiger partial charge on any atom is -0.106 e. The Kier molecular flexibility index (Phi) is 5.48. The van der Waals surface area contributed by atoms with Crippen LogP contribution in [0, 0.1) is 17.8 Å². The van der Waals surface area contributed by atoms with E-state index in [1.54, 1.807) is 13.0 Å². The molecule has 0 spiro atoms. The SMILES string of the molecule is CC#CC(C)C(C)c1c(Cl)c(Cl)cc(Cl)c1Cl. The maximum atomic E-state index is 6.19. The van der Waals surface area contributed by atoms with E-state index in [1.165, 1.54) is 0 Å². The highest BCUT2D eigenvalue weighted by molar-refractivity contribution is 6.48. The average Bonchev–Trinajstić information content (AvgIpc) is 2.27. The lowest BCUT2D eigenvalue weighted by molar-refractivity contribution is 0.610. The van der Waals surface area contributed by atoms with Crippen molar-refractivity contribution < 1.29 is 0 Å². The van der Waals surface area contributed by atoms with Gasteiger partial charge in [0.25, 0.3) is 0 Å². The average molecular weight is 310 g/mol. The summed E-state index contributed by atoms with van der Waals surface area (Å²) in [5.41, 5.74) is 0.765. The summed E-state index contributed by atoms with van der Waals surface area (Å²) in [5.74, 6) is 6.17. The summed E-state index contributed by atoms with van der Waals surface area (Å²) >= 11 is 24.4. The van der Waals surface area contributed by atoms with Gasteiger partial charge in [-0.3, -0.25) is 0 Å². The van der Waals surface area contributed by atoms with Crippen molar-refractivity contribution in [2.24, 2.45) is 5.92 Å². The standard InChI is InChI=1S/C13H12Cl4/c1-4-5-7(2)8(3)11-12(16)9(14)6-10(15)13(11)17/h6-8H,1-3H3. The third-order valence-electron chi connectivity index (χ3n) is 2.72. The van der Waals surface area contributed by atoms with E-state index in [0.717, 1.165) is 5.56 Å². The first-order chi connectivity index (χ1) is 7.90. The normalized spacial score (nSPS) is 13.8. The Morgan fingerprint density at radius 1 is 1.00 bits per heavy atom. The van der Waals surface area contributed by atoms with Crippen molar-refractivity contribution in [3.63, 3.8) is 0 Å². The van der Waals surface area contributed by atoms with E-state index < -0.39 is 0 Å². The number of benzene rings is 1. The zero-order chi connectivity index (χ0) is 13.2. The monoisotopic (exact) mass is 308 g/mol. The highest BCUT2D eigenvalue weighted by Crippen LogP contribution is 2.42. The first-order valence-electron chi connectivity index (χ1n) is 5.15. The van der Waals surface area contributed by atoms with Crippen molar-refractivity contribution in [1.29, 1.82) is 0 Å². The number of halogens is 4. The predicted molar refractivity (Wildman–Crippen MR) is 77.5 cm³/mol. The Morgan fingerprint density at radius 2 is 1.47 bits per heavy atom. The van der Waals surface area contributed by atoms with Crippen molar-refractivity contribution in [3.05, 3.63) is 31.7 Å². The van der Waals surface area contributed by atoms with Gasteiger partial charge in [0.1, 0.15) is 0 Å². The van der Waals surface area contributed by atoms with Gasteiger partial charge in [-0.15, -0.1) is 5.92 Å². The van der Waals surface area contributed by atoms with Gasteiger partial charge in [0.15, 0.2) is 0 Å². The van der Waals surface area contributed by atoms with Crippen LogP contribution in [0.4, 0.5) is 0 Å². The smallest absolute Gasteiger partial charge is 0.0643 e. The molecule has 0 aliphatic carbocycles. The van der Waals surface area contributed by atoms with Crippen molar-refractivity contribution in [2.45, 2.75) is 26.7 Å². The molecule has 0 heterocycles. The zero-order valence-corrected chi connectivity index (χ0v) is 12.8. The van der Waals surface area contributed by atoms with E-state index in [4.69, 9.17) is 46.4 Å². The fourth-order valence-corrected chi connectivity index (χ4v) is 2.76. The maximum absolute atomic E-state index is 6.19. The fraction of sp³-hybridized carbons (Fsp3) is 0.385. The van der Waals surface area contributed by atoms with E-state index in [-0.39, 0.29) is 11.8 Å². The second-order valence-electron chi connectivity index (χ2n) is 3.85. The molecule has 0 aliphatic rings. The molecule has 1 aromatic rings. The summed E-state index contributed by atoms with van der Waals surface area (Å²) in [4.78, 5) is 0. The fourth-order valence-electron chi connectivity index (χ4n) is 1.59. The number of hydrogen-bond acceptors (Lipinski definition) is 0. The van der Waals surface area contributed by atoms with Gasteiger partial charge in [0.2, 0.25) is 0 Å². The molecule has 0 aromatic heterocycles. The lowest BCUT2D eigenvalue weighted by Crippen LogP contribution is -2.06. The summed E-state index contributed by atoms with van der Waals surface area (Å²) in [6, 6.07) is 1.56. The molecular weight excluding hydrogens is 298 g/mol. The van der Waals surface area contributed by atoms with Crippen LogP contribution < -0.4 is 0 Å². The molecule has 0 nitrogen and oxygen atoms in total. The predicted octanol–water partition coefficient (Wildman–Crippen LogP) is 6.06. The minimum atomic E-state index is 0.0682. The third-order valence-corrected chi connectivity index (χ3v) is 4.33. The molecule has 2 atom stereocenters. The van der Waals surface area contributed by atoms with E-state index in [2.05, 4.69) is 11.8 Å². The molecule has 0 fully saturated rings. The molecule has 0 saturated carbocycles. The molecule has 1 aromatic carbocycles.